The lowest BCUT2D eigenvalue weighted by Gasteiger charge is -2.17. The van der Waals surface area contributed by atoms with Crippen LogP contribution < -0.4 is 4.74 Å². The number of rotatable bonds is 8. The van der Waals surface area contributed by atoms with E-state index in [4.69, 9.17) is 4.74 Å². The molecule has 7 nitrogen and oxygen atoms in total. The summed E-state index contributed by atoms with van der Waals surface area (Å²) in [4.78, 5) is 32.7. The molecular formula is C14H17NO6. The number of hydrogen-bond acceptors (Lipinski definition) is 6. The summed E-state index contributed by atoms with van der Waals surface area (Å²) < 4.78 is 10.2. The number of benzene rings is 1. The highest BCUT2D eigenvalue weighted by molar-refractivity contribution is 5.81. The first-order valence-electron chi connectivity index (χ1n) is 6.51. The lowest BCUT2D eigenvalue weighted by Crippen LogP contribution is -2.29. The van der Waals surface area contributed by atoms with Crippen LogP contribution in [0.25, 0.3) is 0 Å². The van der Waals surface area contributed by atoms with Gasteiger partial charge in [0.05, 0.1) is 17.6 Å². The van der Waals surface area contributed by atoms with Gasteiger partial charge in [0.25, 0.3) is 5.69 Å². The van der Waals surface area contributed by atoms with Crippen molar-refractivity contribution in [2.24, 2.45) is 0 Å². The minimum absolute atomic E-state index is 0.0228. The molecular weight excluding hydrogens is 278 g/mol. The van der Waals surface area contributed by atoms with Crippen LogP contribution in [0, 0.1) is 10.1 Å². The highest BCUT2D eigenvalue weighted by Gasteiger charge is 2.22. The maximum Gasteiger partial charge on any atom is 0.347 e. The Balaban J connectivity index is 2.99. The molecule has 21 heavy (non-hydrogen) atoms. The fourth-order valence-electron chi connectivity index (χ4n) is 1.75. The molecule has 0 saturated carbocycles. The van der Waals surface area contributed by atoms with Crippen LogP contribution in [0.2, 0.25) is 0 Å². The second-order valence-electron chi connectivity index (χ2n) is 4.37. The van der Waals surface area contributed by atoms with Crippen molar-refractivity contribution in [3.63, 3.8) is 0 Å². The first kappa shape index (κ1) is 16.6. The van der Waals surface area contributed by atoms with Gasteiger partial charge in [-0.05, 0) is 18.9 Å². The zero-order valence-electron chi connectivity index (χ0n) is 11.9. The standard InChI is InChI=1S/C14H17NO6/c1-3-4-5-13(14(17)20-2)21-12-7-6-11(15(18)19)8-10(12)9-16/h6-9,13H,3-5H2,1-2H3/t13-/m1/s1. The molecule has 0 aliphatic carbocycles. The van der Waals surface area contributed by atoms with Crippen molar-refractivity contribution >= 4 is 17.9 Å². The molecule has 0 heterocycles. The third-order valence-electron chi connectivity index (χ3n) is 2.88. The van der Waals surface area contributed by atoms with Gasteiger partial charge in [0, 0.05) is 12.1 Å². The van der Waals surface area contributed by atoms with E-state index in [0.717, 1.165) is 18.9 Å². The normalized spacial score (nSPS) is 11.5. The Morgan fingerprint density at radius 1 is 1.48 bits per heavy atom. The molecule has 0 aliphatic rings. The largest absolute Gasteiger partial charge is 0.478 e. The molecule has 0 radical (unpaired) electrons. The van der Waals surface area contributed by atoms with Crippen LogP contribution in [0.5, 0.6) is 5.75 Å². The SMILES string of the molecule is CCCC[C@@H](Oc1ccc([N+](=O)[O-])cc1C=O)C(=O)OC. The number of carbonyl (C=O) groups is 2. The lowest BCUT2D eigenvalue weighted by atomic mass is 10.1. The topological polar surface area (TPSA) is 95.7 Å². The number of aldehydes is 1. The zero-order valence-corrected chi connectivity index (χ0v) is 11.9. The third kappa shape index (κ3) is 4.55. The van der Waals surface area contributed by atoms with Gasteiger partial charge in [0.15, 0.2) is 12.4 Å². The fourth-order valence-corrected chi connectivity index (χ4v) is 1.75. The molecule has 0 spiro atoms. The van der Waals surface area contributed by atoms with Crippen LogP contribution in [0.15, 0.2) is 18.2 Å². The number of hydrogen-bond donors (Lipinski definition) is 0. The smallest absolute Gasteiger partial charge is 0.347 e. The molecule has 0 aliphatic heterocycles. The van der Waals surface area contributed by atoms with Gasteiger partial charge in [-0.2, -0.15) is 0 Å². The highest BCUT2D eigenvalue weighted by atomic mass is 16.6. The number of ether oxygens (including phenoxy) is 2. The molecule has 0 amide bonds. The molecule has 0 unspecified atom stereocenters. The van der Waals surface area contributed by atoms with E-state index in [1.54, 1.807) is 0 Å². The number of methoxy groups -OCH3 is 1. The number of unbranched alkanes of at least 4 members (excludes halogenated alkanes) is 1. The molecule has 0 bridgehead atoms. The van der Waals surface area contributed by atoms with Crippen LogP contribution >= 0.6 is 0 Å². The molecule has 114 valence electrons. The Kier molecular flexibility index (Phi) is 6.32. The number of nitrogens with zero attached hydrogens (tertiary/aromatic N) is 1. The van der Waals surface area contributed by atoms with E-state index < -0.39 is 17.0 Å². The summed E-state index contributed by atoms with van der Waals surface area (Å²) in [6, 6.07) is 3.64. The van der Waals surface area contributed by atoms with Crippen LogP contribution in [-0.4, -0.2) is 30.4 Å². The van der Waals surface area contributed by atoms with E-state index in [1.165, 1.54) is 19.2 Å². The number of nitro groups is 1. The summed E-state index contributed by atoms with van der Waals surface area (Å²) in [6.07, 6.45) is 1.69. The van der Waals surface area contributed by atoms with Gasteiger partial charge >= 0.3 is 5.97 Å². The van der Waals surface area contributed by atoms with Gasteiger partial charge in [0.2, 0.25) is 0 Å². The summed E-state index contributed by atoms with van der Waals surface area (Å²) in [5.41, 5.74) is -0.192. The molecule has 0 aromatic heterocycles. The summed E-state index contributed by atoms with van der Waals surface area (Å²) in [5.74, 6) is -0.416. The van der Waals surface area contributed by atoms with Crippen molar-refractivity contribution < 1.29 is 24.0 Å². The fraction of sp³-hybridized carbons (Fsp3) is 0.429. The molecule has 1 atom stereocenters. The van der Waals surface area contributed by atoms with Crippen molar-refractivity contribution in [3.8, 4) is 5.75 Å². The van der Waals surface area contributed by atoms with Gasteiger partial charge < -0.3 is 9.47 Å². The van der Waals surface area contributed by atoms with Gasteiger partial charge in [-0.15, -0.1) is 0 Å². The van der Waals surface area contributed by atoms with E-state index in [9.17, 15) is 19.7 Å². The first-order valence-corrected chi connectivity index (χ1v) is 6.51. The maximum atomic E-state index is 11.7. The van der Waals surface area contributed by atoms with E-state index in [2.05, 4.69) is 4.74 Å². The Morgan fingerprint density at radius 2 is 2.19 bits per heavy atom. The van der Waals surface area contributed by atoms with Crippen LogP contribution in [0.4, 0.5) is 5.69 Å². The molecule has 0 N–H and O–H groups in total. The van der Waals surface area contributed by atoms with Crippen molar-refractivity contribution in [1.29, 1.82) is 0 Å². The van der Waals surface area contributed by atoms with Gasteiger partial charge in [-0.25, -0.2) is 4.79 Å². The van der Waals surface area contributed by atoms with Gasteiger partial charge in [-0.3, -0.25) is 14.9 Å². The summed E-state index contributed by atoms with van der Waals surface area (Å²) in [6.45, 7) is 1.97. The van der Waals surface area contributed by atoms with Crippen molar-refractivity contribution in [3.05, 3.63) is 33.9 Å². The predicted molar refractivity (Wildman–Crippen MR) is 74.4 cm³/mol. The van der Waals surface area contributed by atoms with Crippen molar-refractivity contribution in [1.82, 2.24) is 0 Å². The van der Waals surface area contributed by atoms with Crippen LogP contribution in [0.3, 0.4) is 0 Å². The zero-order chi connectivity index (χ0) is 15.8. The third-order valence-corrected chi connectivity index (χ3v) is 2.88. The van der Waals surface area contributed by atoms with E-state index in [-0.39, 0.29) is 17.0 Å². The van der Waals surface area contributed by atoms with E-state index in [0.29, 0.717) is 12.7 Å². The van der Waals surface area contributed by atoms with E-state index >= 15 is 0 Å². The second kappa shape index (κ2) is 7.98. The van der Waals surface area contributed by atoms with Gasteiger partial charge in [0.1, 0.15) is 5.75 Å². The van der Waals surface area contributed by atoms with Crippen LogP contribution in [0.1, 0.15) is 36.5 Å². The average Bonchev–Trinajstić information content (AvgIpc) is 2.50. The molecule has 1 aromatic rings. The number of non-ortho nitro benzene ring substituents is 1. The molecule has 7 heteroatoms. The average molecular weight is 295 g/mol. The maximum absolute atomic E-state index is 11.7. The Labute approximate surface area is 122 Å². The number of esters is 1. The second-order valence-corrected chi connectivity index (χ2v) is 4.37. The quantitative estimate of drug-likeness (QED) is 0.316. The summed E-state index contributed by atoms with van der Waals surface area (Å²) in [7, 11) is 1.25. The molecule has 0 saturated heterocycles. The Morgan fingerprint density at radius 3 is 2.71 bits per heavy atom. The highest BCUT2D eigenvalue weighted by Crippen LogP contribution is 2.25. The molecule has 0 fully saturated rings. The van der Waals surface area contributed by atoms with Gasteiger partial charge in [-0.1, -0.05) is 13.3 Å². The van der Waals surface area contributed by atoms with E-state index in [1.807, 2.05) is 6.92 Å². The molecule has 1 aromatic carbocycles. The summed E-state index contributed by atoms with van der Waals surface area (Å²) >= 11 is 0. The van der Waals surface area contributed by atoms with Crippen molar-refractivity contribution in [2.75, 3.05) is 7.11 Å². The first-order chi connectivity index (χ1) is 10.0. The predicted octanol–water partition coefficient (Wildman–Crippen LogP) is 2.52. The van der Waals surface area contributed by atoms with Crippen molar-refractivity contribution in [2.45, 2.75) is 32.3 Å². The monoisotopic (exact) mass is 295 g/mol. The molecule has 1 rings (SSSR count). The Hall–Kier alpha value is -2.44. The summed E-state index contributed by atoms with van der Waals surface area (Å²) in [5, 5.41) is 10.7. The number of carbonyl (C=O) groups excluding carboxylic acids is 2. The lowest BCUT2D eigenvalue weighted by molar-refractivity contribution is -0.384. The minimum atomic E-state index is -0.838. The van der Waals surface area contributed by atoms with Crippen LogP contribution in [-0.2, 0) is 9.53 Å². The minimum Gasteiger partial charge on any atom is -0.478 e. The Bertz CT molecular complexity index is 528. The number of nitro benzene ring substituents is 1.